The summed E-state index contributed by atoms with van der Waals surface area (Å²) in [6.45, 7) is 4.19. The number of rotatable bonds is 3. The van der Waals surface area contributed by atoms with E-state index in [1.165, 1.54) is 39.6 Å². The summed E-state index contributed by atoms with van der Waals surface area (Å²) < 4.78 is 0. The first-order chi connectivity index (χ1) is 11.6. The zero-order chi connectivity index (χ0) is 17.1. The SMILES string of the molecule is Cc1cc(-c2ccc(-c3ccc(S)cc3)cc2C)ccc1SC#N. The van der Waals surface area contributed by atoms with Gasteiger partial charge in [0, 0.05) is 9.79 Å². The average Bonchev–Trinajstić information content (AvgIpc) is 2.57. The molecule has 1 nitrogen and oxygen atoms in total. The van der Waals surface area contributed by atoms with Crippen molar-refractivity contribution < 1.29 is 0 Å². The zero-order valence-corrected chi connectivity index (χ0v) is 15.3. The van der Waals surface area contributed by atoms with Crippen LogP contribution in [0, 0.1) is 24.5 Å². The van der Waals surface area contributed by atoms with Gasteiger partial charge < -0.3 is 0 Å². The van der Waals surface area contributed by atoms with Gasteiger partial charge in [0.15, 0.2) is 0 Å². The van der Waals surface area contributed by atoms with Crippen LogP contribution in [0.1, 0.15) is 11.1 Å². The number of benzene rings is 3. The lowest BCUT2D eigenvalue weighted by atomic mass is 9.95. The van der Waals surface area contributed by atoms with E-state index in [1.807, 2.05) is 25.1 Å². The third kappa shape index (κ3) is 3.51. The second-order valence-corrected chi connectivity index (χ2v) is 7.09. The lowest BCUT2D eigenvalue weighted by Crippen LogP contribution is -1.88. The second-order valence-electron chi connectivity index (χ2n) is 5.75. The van der Waals surface area contributed by atoms with E-state index in [1.54, 1.807) is 0 Å². The van der Waals surface area contributed by atoms with E-state index < -0.39 is 0 Å². The molecule has 3 aromatic rings. The van der Waals surface area contributed by atoms with Gasteiger partial charge in [0.1, 0.15) is 5.40 Å². The molecule has 118 valence electrons. The zero-order valence-electron chi connectivity index (χ0n) is 13.6. The van der Waals surface area contributed by atoms with E-state index in [4.69, 9.17) is 5.26 Å². The second kappa shape index (κ2) is 7.17. The maximum absolute atomic E-state index is 8.84. The van der Waals surface area contributed by atoms with Crippen LogP contribution in [0.2, 0.25) is 0 Å². The van der Waals surface area contributed by atoms with E-state index in [9.17, 15) is 0 Å². The van der Waals surface area contributed by atoms with Crippen LogP contribution in [0.4, 0.5) is 0 Å². The molecule has 0 aliphatic carbocycles. The molecule has 0 fully saturated rings. The van der Waals surface area contributed by atoms with Gasteiger partial charge in [-0.3, -0.25) is 0 Å². The molecule has 0 saturated carbocycles. The van der Waals surface area contributed by atoms with Crippen molar-refractivity contribution in [2.45, 2.75) is 23.6 Å². The molecule has 0 unspecified atom stereocenters. The van der Waals surface area contributed by atoms with Crippen molar-refractivity contribution in [2.24, 2.45) is 0 Å². The minimum Gasteiger partial charge on any atom is -0.185 e. The number of hydrogen-bond acceptors (Lipinski definition) is 3. The molecule has 0 heterocycles. The summed E-state index contributed by atoms with van der Waals surface area (Å²) in [5, 5.41) is 11.0. The smallest absolute Gasteiger partial charge is 0.138 e. The Hall–Kier alpha value is -2.15. The van der Waals surface area contributed by atoms with Gasteiger partial charge in [-0.05, 0) is 77.2 Å². The Morgan fingerprint density at radius 2 is 1.42 bits per heavy atom. The quantitative estimate of drug-likeness (QED) is 0.332. The molecule has 3 heteroatoms. The van der Waals surface area contributed by atoms with Crippen LogP contribution in [0.5, 0.6) is 0 Å². The summed E-state index contributed by atoms with van der Waals surface area (Å²) in [7, 11) is 0. The molecule has 0 bridgehead atoms. The number of thiocyanates is 1. The molecule has 0 aliphatic heterocycles. The number of hydrogen-bond donors (Lipinski definition) is 1. The number of aryl methyl sites for hydroxylation is 2. The van der Waals surface area contributed by atoms with Gasteiger partial charge in [-0.1, -0.05) is 42.5 Å². The van der Waals surface area contributed by atoms with E-state index in [-0.39, 0.29) is 0 Å². The summed E-state index contributed by atoms with van der Waals surface area (Å²) in [4.78, 5) is 1.99. The number of nitrogens with zero attached hydrogens (tertiary/aromatic N) is 1. The first-order valence-corrected chi connectivity index (χ1v) is 8.92. The fraction of sp³-hybridized carbons (Fsp3) is 0.0952. The standard InChI is InChI=1S/C21H17NS2/c1-14-11-17(16-3-7-19(23)8-4-16)5-9-20(14)18-6-10-21(24-13-22)15(2)12-18/h3-12,23H,1-2H3. The lowest BCUT2D eigenvalue weighted by Gasteiger charge is -2.11. The van der Waals surface area contributed by atoms with Gasteiger partial charge in [-0.2, -0.15) is 5.26 Å². The summed E-state index contributed by atoms with van der Waals surface area (Å²) in [6.07, 6.45) is 0. The highest BCUT2D eigenvalue weighted by Gasteiger charge is 2.07. The van der Waals surface area contributed by atoms with Gasteiger partial charge in [0.05, 0.1) is 0 Å². The first-order valence-electron chi connectivity index (χ1n) is 7.65. The molecule has 0 saturated heterocycles. The molecular weight excluding hydrogens is 330 g/mol. The maximum atomic E-state index is 8.84. The Morgan fingerprint density at radius 3 is 2.04 bits per heavy atom. The summed E-state index contributed by atoms with van der Waals surface area (Å²) in [5.74, 6) is 0. The number of nitriles is 1. The summed E-state index contributed by atoms with van der Waals surface area (Å²) in [6, 6.07) is 21.0. The molecule has 0 aromatic heterocycles. The van der Waals surface area contributed by atoms with Crippen LogP contribution in [0.3, 0.4) is 0 Å². The third-order valence-electron chi connectivity index (χ3n) is 4.07. The van der Waals surface area contributed by atoms with Crippen molar-refractivity contribution in [2.75, 3.05) is 0 Å². The molecular formula is C21H17NS2. The molecule has 24 heavy (non-hydrogen) atoms. The van der Waals surface area contributed by atoms with Crippen molar-refractivity contribution in [1.82, 2.24) is 0 Å². The molecule has 0 atom stereocenters. The average molecular weight is 348 g/mol. The van der Waals surface area contributed by atoms with Gasteiger partial charge >= 0.3 is 0 Å². The highest BCUT2D eigenvalue weighted by atomic mass is 32.2. The molecule has 0 spiro atoms. The van der Waals surface area contributed by atoms with Crippen molar-refractivity contribution in [3.63, 3.8) is 0 Å². The van der Waals surface area contributed by atoms with Gasteiger partial charge in [-0.15, -0.1) is 12.6 Å². The maximum Gasteiger partial charge on any atom is 0.138 e. The van der Waals surface area contributed by atoms with Crippen molar-refractivity contribution in [1.29, 1.82) is 5.26 Å². The Labute approximate surface area is 152 Å². The largest absolute Gasteiger partial charge is 0.185 e. The van der Waals surface area contributed by atoms with Crippen molar-refractivity contribution in [3.8, 4) is 27.7 Å². The first kappa shape index (κ1) is 16.7. The van der Waals surface area contributed by atoms with E-state index in [0.717, 1.165) is 15.4 Å². The number of thioether (sulfide) groups is 1. The summed E-state index contributed by atoms with van der Waals surface area (Å²) >= 11 is 5.55. The Balaban J connectivity index is 1.97. The fourth-order valence-electron chi connectivity index (χ4n) is 2.80. The molecule has 3 aromatic carbocycles. The molecule has 0 amide bonds. The lowest BCUT2D eigenvalue weighted by molar-refractivity contribution is 1.30. The Kier molecular flexibility index (Phi) is 4.99. The van der Waals surface area contributed by atoms with Crippen LogP contribution in [0.25, 0.3) is 22.3 Å². The third-order valence-corrected chi connectivity index (χ3v) is 5.14. The topological polar surface area (TPSA) is 23.8 Å². The Morgan fingerprint density at radius 1 is 0.792 bits per heavy atom. The molecule has 0 radical (unpaired) electrons. The van der Waals surface area contributed by atoms with E-state index >= 15 is 0 Å². The van der Waals surface area contributed by atoms with Crippen LogP contribution < -0.4 is 0 Å². The monoisotopic (exact) mass is 347 g/mol. The fourth-order valence-corrected chi connectivity index (χ4v) is 3.41. The van der Waals surface area contributed by atoms with Gasteiger partial charge in [0.25, 0.3) is 0 Å². The van der Waals surface area contributed by atoms with Crippen LogP contribution >= 0.6 is 24.4 Å². The highest BCUT2D eigenvalue weighted by molar-refractivity contribution is 8.03. The minimum absolute atomic E-state index is 0.970. The highest BCUT2D eigenvalue weighted by Crippen LogP contribution is 2.32. The minimum atomic E-state index is 0.970. The van der Waals surface area contributed by atoms with Crippen LogP contribution in [-0.2, 0) is 0 Å². The Bertz CT molecular complexity index is 922. The van der Waals surface area contributed by atoms with Crippen molar-refractivity contribution in [3.05, 3.63) is 71.8 Å². The van der Waals surface area contributed by atoms with E-state index in [2.05, 4.69) is 67.4 Å². The van der Waals surface area contributed by atoms with Crippen molar-refractivity contribution >= 4 is 24.4 Å². The predicted octanol–water partition coefficient (Wildman–Crippen LogP) is 6.50. The normalized spacial score (nSPS) is 10.4. The van der Waals surface area contributed by atoms with Gasteiger partial charge in [-0.25, -0.2) is 0 Å². The van der Waals surface area contributed by atoms with Crippen LogP contribution in [-0.4, -0.2) is 0 Å². The molecule has 0 N–H and O–H groups in total. The molecule has 3 rings (SSSR count). The molecule has 0 aliphatic rings. The summed E-state index contributed by atoms with van der Waals surface area (Å²) in [5.41, 5.74) is 7.18. The number of thiol groups is 1. The van der Waals surface area contributed by atoms with E-state index in [0.29, 0.717) is 0 Å². The van der Waals surface area contributed by atoms with Crippen LogP contribution in [0.15, 0.2) is 70.5 Å². The van der Waals surface area contributed by atoms with Gasteiger partial charge in [0.2, 0.25) is 0 Å². The predicted molar refractivity (Wildman–Crippen MR) is 106 cm³/mol.